The molecule has 7 heteroatoms. The fourth-order valence-electron chi connectivity index (χ4n) is 2.34. The van der Waals surface area contributed by atoms with Crippen LogP contribution in [0.25, 0.3) is 0 Å². The number of amides is 2. The molecule has 2 N–H and O–H groups in total. The van der Waals surface area contributed by atoms with Crippen LogP contribution in [0, 0.1) is 0 Å². The summed E-state index contributed by atoms with van der Waals surface area (Å²) >= 11 is 3.42. The van der Waals surface area contributed by atoms with Crippen molar-refractivity contribution in [3.8, 4) is 5.75 Å². The summed E-state index contributed by atoms with van der Waals surface area (Å²) in [5.41, 5.74) is 1.28. The number of para-hydroxylation sites is 1. The van der Waals surface area contributed by atoms with Gasteiger partial charge in [0.05, 0.1) is 28.4 Å². The van der Waals surface area contributed by atoms with Crippen LogP contribution < -0.4 is 15.4 Å². The summed E-state index contributed by atoms with van der Waals surface area (Å²) in [6, 6.07) is 12.0. The molecule has 0 aromatic heterocycles. The zero-order valence-corrected chi connectivity index (χ0v) is 17.1. The van der Waals surface area contributed by atoms with Crippen LogP contribution in [0.1, 0.15) is 34.6 Å². The molecule has 27 heavy (non-hydrogen) atoms. The van der Waals surface area contributed by atoms with Crippen LogP contribution in [0.3, 0.4) is 0 Å². The number of benzene rings is 2. The van der Waals surface area contributed by atoms with Crippen LogP contribution in [-0.2, 0) is 4.74 Å². The first-order valence-electron chi connectivity index (χ1n) is 8.56. The highest BCUT2D eigenvalue weighted by Gasteiger charge is 2.15. The fourth-order valence-corrected chi connectivity index (χ4v) is 2.81. The van der Waals surface area contributed by atoms with Gasteiger partial charge in [-0.15, -0.1) is 0 Å². The smallest absolute Gasteiger partial charge is 0.255 e. The van der Waals surface area contributed by atoms with Gasteiger partial charge in [-0.3, -0.25) is 9.59 Å². The molecule has 0 heterocycles. The Bertz CT molecular complexity index is 808. The second kappa shape index (κ2) is 10.1. The van der Waals surface area contributed by atoms with E-state index in [1.165, 1.54) is 0 Å². The number of halogens is 1. The van der Waals surface area contributed by atoms with Gasteiger partial charge < -0.3 is 20.1 Å². The van der Waals surface area contributed by atoms with Crippen molar-refractivity contribution in [1.82, 2.24) is 5.32 Å². The third-order valence-corrected chi connectivity index (χ3v) is 4.19. The molecule has 0 bridgehead atoms. The van der Waals surface area contributed by atoms with Crippen LogP contribution >= 0.6 is 15.9 Å². The Morgan fingerprint density at radius 1 is 1.11 bits per heavy atom. The lowest BCUT2D eigenvalue weighted by Gasteiger charge is -2.14. The number of hydrogen-bond donors (Lipinski definition) is 2. The molecule has 0 aliphatic rings. The Morgan fingerprint density at radius 2 is 1.85 bits per heavy atom. The summed E-state index contributed by atoms with van der Waals surface area (Å²) in [4.78, 5) is 24.9. The van der Waals surface area contributed by atoms with Crippen LogP contribution in [0.2, 0.25) is 0 Å². The van der Waals surface area contributed by atoms with Gasteiger partial charge in [0.1, 0.15) is 5.75 Å². The van der Waals surface area contributed by atoms with Gasteiger partial charge in [-0.05, 0) is 60.1 Å². The SMILES string of the molecule is COCCNC(=O)c1ccccc1NC(=O)c1ccc(OC(C)C)c(Br)c1. The molecule has 144 valence electrons. The van der Waals surface area contributed by atoms with E-state index in [1.54, 1.807) is 49.6 Å². The lowest BCUT2D eigenvalue weighted by molar-refractivity contribution is 0.0938. The number of nitrogens with one attached hydrogen (secondary N) is 2. The summed E-state index contributed by atoms with van der Waals surface area (Å²) in [7, 11) is 1.57. The Balaban J connectivity index is 2.14. The Hall–Kier alpha value is -2.38. The van der Waals surface area contributed by atoms with Gasteiger partial charge in [0, 0.05) is 19.2 Å². The highest BCUT2D eigenvalue weighted by molar-refractivity contribution is 9.10. The molecule has 6 nitrogen and oxygen atoms in total. The minimum Gasteiger partial charge on any atom is -0.490 e. The normalized spacial score (nSPS) is 10.6. The van der Waals surface area contributed by atoms with Gasteiger partial charge in [0.2, 0.25) is 0 Å². The van der Waals surface area contributed by atoms with E-state index in [-0.39, 0.29) is 17.9 Å². The quantitative estimate of drug-likeness (QED) is 0.618. The number of carbonyl (C=O) groups excluding carboxylic acids is 2. The molecule has 2 aromatic carbocycles. The van der Waals surface area contributed by atoms with Crippen molar-refractivity contribution in [3.63, 3.8) is 0 Å². The van der Waals surface area contributed by atoms with Crippen molar-refractivity contribution in [3.05, 3.63) is 58.1 Å². The van der Waals surface area contributed by atoms with E-state index in [0.717, 1.165) is 0 Å². The molecule has 0 atom stereocenters. The zero-order chi connectivity index (χ0) is 19.8. The molecule has 0 fully saturated rings. The Labute approximate surface area is 167 Å². The fraction of sp³-hybridized carbons (Fsp3) is 0.300. The summed E-state index contributed by atoms with van der Waals surface area (Å²) in [5.74, 6) is 0.0771. The van der Waals surface area contributed by atoms with E-state index in [0.29, 0.717) is 40.2 Å². The van der Waals surface area contributed by atoms with Crippen molar-refractivity contribution in [1.29, 1.82) is 0 Å². The summed E-state index contributed by atoms with van der Waals surface area (Å²) in [5, 5.41) is 5.54. The second-order valence-corrected chi connectivity index (χ2v) is 6.91. The van der Waals surface area contributed by atoms with Crippen LogP contribution in [0.15, 0.2) is 46.9 Å². The van der Waals surface area contributed by atoms with Gasteiger partial charge in [0.15, 0.2) is 0 Å². The van der Waals surface area contributed by atoms with E-state index in [4.69, 9.17) is 9.47 Å². The molecule has 0 unspecified atom stereocenters. The average molecular weight is 435 g/mol. The first-order chi connectivity index (χ1) is 12.9. The third kappa shape index (κ3) is 6.08. The summed E-state index contributed by atoms with van der Waals surface area (Å²) < 4.78 is 11.3. The highest BCUT2D eigenvalue weighted by atomic mass is 79.9. The number of anilines is 1. The lowest BCUT2D eigenvalue weighted by Crippen LogP contribution is -2.28. The maximum Gasteiger partial charge on any atom is 0.255 e. The average Bonchev–Trinajstić information content (AvgIpc) is 2.63. The first kappa shape index (κ1) is 20.9. The molecular weight excluding hydrogens is 412 g/mol. The first-order valence-corrected chi connectivity index (χ1v) is 9.35. The van der Waals surface area contributed by atoms with E-state index in [1.807, 2.05) is 13.8 Å². The molecule has 2 rings (SSSR count). The van der Waals surface area contributed by atoms with Crippen molar-refractivity contribution >= 4 is 33.4 Å². The second-order valence-electron chi connectivity index (χ2n) is 6.06. The molecule has 0 saturated carbocycles. The molecule has 2 amide bonds. The molecule has 0 radical (unpaired) electrons. The molecule has 0 aliphatic carbocycles. The number of hydrogen-bond acceptors (Lipinski definition) is 4. The zero-order valence-electron chi connectivity index (χ0n) is 15.5. The van der Waals surface area contributed by atoms with E-state index < -0.39 is 0 Å². The van der Waals surface area contributed by atoms with Crippen molar-refractivity contribution in [2.75, 3.05) is 25.6 Å². The van der Waals surface area contributed by atoms with Crippen molar-refractivity contribution in [2.24, 2.45) is 0 Å². The molecular formula is C20H23BrN2O4. The third-order valence-electron chi connectivity index (χ3n) is 3.57. The standard InChI is InChI=1S/C20H23BrN2O4/c1-13(2)27-18-9-8-14(12-16(18)21)19(24)23-17-7-5-4-6-15(17)20(25)22-10-11-26-3/h4-9,12-13H,10-11H2,1-3H3,(H,22,25)(H,23,24). The molecule has 0 saturated heterocycles. The van der Waals surface area contributed by atoms with Crippen molar-refractivity contribution in [2.45, 2.75) is 20.0 Å². The number of rotatable bonds is 8. The summed E-state index contributed by atoms with van der Waals surface area (Å²) in [6.45, 7) is 4.67. The Kier molecular flexibility index (Phi) is 7.82. The number of carbonyl (C=O) groups is 2. The van der Waals surface area contributed by atoms with Gasteiger partial charge in [-0.1, -0.05) is 12.1 Å². The largest absolute Gasteiger partial charge is 0.490 e. The van der Waals surface area contributed by atoms with Crippen molar-refractivity contribution < 1.29 is 19.1 Å². The molecule has 2 aromatic rings. The predicted octanol–water partition coefficient (Wildman–Crippen LogP) is 3.86. The van der Waals surface area contributed by atoms with E-state index >= 15 is 0 Å². The monoisotopic (exact) mass is 434 g/mol. The van der Waals surface area contributed by atoms with Crippen LogP contribution in [-0.4, -0.2) is 38.2 Å². The minimum absolute atomic E-state index is 0.0319. The lowest BCUT2D eigenvalue weighted by atomic mass is 10.1. The van der Waals surface area contributed by atoms with Crippen LogP contribution in [0.5, 0.6) is 5.75 Å². The van der Waals surface area contributed by atoms with E-state index in [9.17, 15) is 9.59 Å². The van der Waals surface area contributed by atoms with Gasteiger partial charge in [-0.25, -0.2) is 0 Å². The Morgan fingerprint density at radius 3 is 2.52 bits per heavy atom. The minimum atomic E-state index is -0.316. The number of methoxy groups -OCH3 is 1. The van der Waals surface area contributed by atoms with Crippen LogP contribution in [0.4, 0.5) is 5.69 Å². The van der Waals surface area contributed by atoms with E-state index in [2.05, 4.69) is 26.6 Å². The maximum absolute atomic E-state index is 12.6. The molecule has 0 spiro atoms. The predicted molar refractivity (Wildman–Crippen MR) is 109 cm³/mol. The highest BCUT2D eigenvalue weighted by Crippen LogP contribution is 2.27. The molecule has 0 aliphatic heterocycles. The number of ether oxygens (including phenoxy) is 2. The van der Waals surface area contributed by atoms with Gasteiger partial charge >= 0.3 is 0 Å². The maximum atomic E-state index is 12.6. The van der Waals surface area contributed by atoms with Gasteiger partial charge in [0.25, 0.3) is 11.8 Å². The summed E-state index contributed by atoms with van der Waals surface area (Å²) in [6.07, 6.45) is 0.0319. The topological polar surface area (TPSA) is 76.7 Å². The van der Waals surface area contributed by atoms with Gasteiger partial charge in [-0.2, -0.15) is 0 Å².